The second kappa shape index (κ2) is 7.48. The Kier molecular flexibility index (Phi) is 4.66. The van der Waals surface area contributed by atoms with E-state index in [2.05, 4.69) is 79.1 Å². The number of hydrogen-bond acceptors (Lipinski definition) is 4. The molecule has 5 nitrogen and oxygen atoms in total. The molecule has 1 aliphatic heterocycles. The summed E-state index contributed by atoms with van der Waals surface area (Å²) in [5, 5.41) is 4.84. The molecule has 0 amide bonds. The predicted molar refractivity (Wildman–Crippen MR) is 124 cm³/mol. The van der Waals surface area contributed by atoms with Crippen molar-refractivity contribution < 1.29 is 0 Å². The zero-order chi connectivity index (χ0) is 20.7. The lowest BCUT2D eigenvalue weighted by atomic mass is 10.0. The topological polar surface area (TPSA) is 36.7 Å². The largest absolute Gasteiger partial charge is 0.368 e. The van der Waals surface area contributed by atoms with Crippen molar-refractivity contribution in [1.29, 1.82) is 0 Å². The molecule has 0 unspecified atom stereocenters. The third-order valence-electron chi connectivity index (χ3n) is 6.01. The summed E-state index contributed by atoms with van der Waals surface area (Å²) in [4.78, 5) is 9.56. The van der Waals surface area contributed by atoms with E-state index in [0.717, 1.165) is 43.2 Å². The molecule has 0 saturated carbocycles. The number of aromatic nitrogens is 3. The van der Waals surface area contributed by atoms with Crippen molar-refractivity contribution in [2.75, 3.05) is 36.0 Å². The van der Waals surface area contributed by atoms with Crippen LogP contribution in [0.5, 0.6) is 0 Å². The zero-order valence-electron chi connectivity index (χ0n) is 17.8. The predicted octanol–water partition coefficient (Wildman–Crippen LogP) is 4.65. The first-order chi connectivity index (χ1) is 14.6. The average Bonchev–Trinajstić information content (AvgIpc) is 3.18. The third-order valence-corrected chi connectivity index (χ3v) is 6.01. The standard InChI is InChI=1S/C25H27N5/c1-18-4-7-21(8-5-18)28-12-14-29(15-13-28)25-24-17-23(27-30(24)11-10-26-25)22-9-6-19(2)16-20(22)3/h4-11,16-17H,12-15H2,1-3H3. The van der Waals surface area contributed by atoms with Gasteiger partial charge in [0.2, 0.25) is 0 Å². The molecule has 5 rings (SSSR count). The number of anilines is 2. The molecular weight excluding hydrogens is 370 g/mol. The quantitative estimate of drug-likeness (QED) is 0.504. The minimum atomic E-state index is 0.949. The number of hydrogen-bond donors (Lipinski definition) is 0. The molecule has 0 spiro atoms. The van der Waals surface area contributed by atoms with E-state index < -0.39 is 0 Å². The molecule has 1 saturated heterocycles. The van der Waals surface area contributed by atoms with E-state index in [0.29, 0.717) is 0 Å². The van der Waals surface area contributed by atoms with Gasteiger partial charge in [-0.2, -0.15) is 5.10 Å². The lowest BCUT2D eigenvalue weighted by Crippen LogP contribution is -2.47. The summed E-state index contributed by atoms with van der Waals surface area (Å²) in [6.45, 7) is 10.3. The van der Waals surface area contributed by atoms with E-state index in [1.165, 1.54) is 27.9 Å². The van der Waals surface area contributed by atoms with Gasteiger partial charge in [-0.15, -0.1) is 0 Å². The number of fused-ring (bicyclic) bond motifs is 1. The average molecular weight is 398 g/mol. The van der Waals surface area contributed by atoms with E-state index in [4.69, 9.17) is 10.1 Å². The molecule has 1 fully saturated rings. The van der Waals surface area contributed by atoms with Crippen LogP contribution in [0.15, 0.2) is 60.9 Å². The van der Waals surface area contributed by atoms with Crippen LogP contribution >= 0.6 is 0 Å². The summed E-state index contributed by atoms with van der Waals surface area (Å²) in [6, 6.07) is 17.5. The zero-order valence-corrected chi connectivity index (χ0v) is 17.8. The highest BCUT2D eigenvalue weighted by Crippen LogP contribution is 2.28. The summed E-state index contributed by atoms with van der Waals surface area (Å²) in [6.07, 6.45) is 3.79. The van der Waals surface area contributed by atoms with Crippen LogP contribution < -0.4 is 9.80 Å². The summed E-state index contributed by atoms with van der Waals surface area (Å²) in [7, 11) is 0. The lowest BCUT2D eigenvalue weighted by molar-refractivity contribution is 0.647. The van der Waals surface area contributed by atoms with Gasteiger partial charge in [0.15, 0.2) is 5.82 Å². The summed E-state index contributed by atoms with van der Waals surface area (Å²) in [5.41, 5.74) is 8.37. The fourth-order valence-corrected chi connectivity index (χ4v) is 4.32. The molecule has 0 atom stereocenters. The van der Waals surface area contributed by atoms with Crippen LogP contribution in [0.25, 0.3) is 16.8 Å². The second-order valence-electron chi connectivity index (χ2n) is 8.24. The molecule has 2 aromatic heterocycles. The lowest BCUT2D eigenvalue weighted by Gasteiger charge is -2.36. The van der Waals surface area contributed by atoms with Crippen LogP contribution in [0, 0.1) is 20.8 Å². The Bertz CT molecular complexity index is 1180. The Hall–Kier alpha value is -3.34. The van der Waals surface area contributed by atoms with Crippen molar-refractivity contribution in [3.63, 3.8) is 0 Å². The molecule has 152 valence electrons. The number of nitrogens with zero attached hydrogens (tertiary/aromatic N) is 5. The fraction of sp³-hybridized carbons (Fsp3) is 0.280. The minimum absolute atomic E-state index is 0.949. The number of aryl methyl sites for hydroxylation is 3. The van der Waals surface area contributed by atoms with Crippen LogP contribution in [-0.4, -0.2) is 40.8 Å². The minimum Gasteiger partial charge on any atom is -0.368 e. The maximum absolute atomic E-state index is 4.84. The molecule has 0 N–H and O–H groups in total. The van der Waals surface area contributed by atoms with Gasteiger partial charge < -0.3 is 9.80 Å². The van der Waals surface area contributed by atoms with Gasteiger partial charge in [-0.1, -0.05) is 41.5 Å². The van der Waals surface area contributed by atoms with Crippen molar-refractivity contribution in [2.24, 2.45) is 0 Å². The van der Waals surface area contributed by atoms with Gasteiger partial charge >= 0.3 is 0 Å². The highest BCUT2D eigenvalue weighted by molar-refractivity contribution is 5.76. The first-order valence-electron chi connectivity index (χ1n) is 10.6. The fourth-order valence-electron chi connectivity index (χ4n) is 4.32. The van der Waals surface area contributed by atoms with Crippen molar-refractivity contribution >= 4 is 17.0 Å². The molecule has 5 heteroatoms. The Morgan fingerprint density at radius 2 is 1.47 bits per heavy atom. The molecule has 0 bridgehead atoms. The maximum Gasteiger partial charge on any atom is 0.154 e. The summed E-state index contributed by atoms with van der Waals surface area (Å²) < 4.78 is 1.96. The molecule has 0 aliphatic carbocycles. The SMILES string of the molecule is Cc1ccc(N2CCN(c3nccn4nc(-c5ccc(C)cc5C)cc34)CC2)cc1. The van der Waals surface area contributed by atoms with Gasteiger partial charge in [-0.25, -0.2) is 9.50 Å². The van der Waals surface area contributed by atoms with Crippen molar-refractivity contribution in [3.05, 3.63) is 77.6 Å². The van der Waals surface area contributed by atoms with Crippen LogP contribution in [0.2, 0.25) is 0 Å². The van der Waals surface area contributed by atoms with Gasteiger partial charge in [0.1, 0.15) is 5.52 Å². The van der Waals surface area contributed by atoms with E-state index in [1.807, 2.05) is 16.9 Å². The Balaban J connectivity index is 1.41. The molecule has 1 aliphatic rings. The maximum atomic E-state index is 4.84. The van der Waals surface area contributed by atoms with Gasteiger partial charge in [-0.3, -0.25) is 0 Å². The van der Waals surface area contributed by atoms with Gasteiger partial charge in [0.05, 0.1) is 5.69 Å². The van der Waals surface area contributed by atoms with E-state index >= 15 is 0 Å². The first kappa shape index (κ1) is 18.7. The van der Waals surface area contributed by atoms with Crippen molar-refractivity contribution in [3.8, 4) is 11.3 Å². The van der Waals surface area contributed by atoms with Gasteiger partial charge in [0, 0.05) is 49.8 Å². The monoisotopic (exact) mass is 397 g/mol. The normalized spacial score (nSPS) is 14.5. The third kappa shape index (κ3) is 3.41. The van der Waals surface area contributed by atoms with E-state index in [9.17, 15) is 0 Å². The van der Waals surface area contributed by atoms with Crippen LogP contribution in [0.4, 0.5) is 11.5 Å². The molecule has 3 heterocycles. The Morgan fingerprint density at radius 1 is 0.767 bits per heavy atom. The first-order valence-corrected chi connectivity index (χ1v) is 10.6. The Labute approximate surface area is 177 Å². The summed E-state index contributed by atoms with van der Waals surface area (Å²) in [5.74, 6) is 1.02. The molecule has 0 radical (unpaired) electrons. The van der Waals surface area contributed by atoms with Crippen molar-refractivity contribution in [2.45, 2.75) is 20.8 Å². The van der Waals surface area contributed by atoms with E-state index in [1.54, 1.807) is 0 Å². The van der Waals surface area contributed by atoms with E-state index in [-0.39, 0.29) is 0 Å². The van der Waals surface area contributed by atoms with Gasteiger partial charge in [0.25, 0.3) is 0 Å². The molecule has 30 heavy (non-hydrogen) atoms. The van der Waals surface area contributed by atoms with Crippen LogP contribution in [0.3, 0.4) is 0 Å². The number of piperazine rings is 1. The second-order valence-corrected chi connectivity index (χ2v) is 8.24. The molecule has 2 aromatic carbocycles. The van der Waals surface area contributed by atoms with Crippen LogP contribution in [0.1, 0.15) is 16.7 Å². The Morgan fingerprint density at radius 3 is 2.20 bits per heavy atom. The summed E-state index contributed by atoms with van der Waals surface area (Å²) >= 11 is 0. The highest BCUT2D eigenvalue weighted by atomic mass is 15.3. The van der Waals surface area contributed by atoms with Crippen molar-refractivity contribution in [1.82, 2.24) is 14.6 Å². The molecule has 4 aromatic rings. The number of benzene rings is 2. The molecular formula is C25H27N5. The van der Waals surface area contributed by atoms with Crippen LogP contribution in [-0.2, 0) is 0 Å². The highest BCUT2D eigenvalue weighted by Gasteiger charge is 2.21. The smallest absolute Gasteiger partial charge is 0.154 e. The van der Waals surface area contributed by atoms with Gasteiger partial charge in [-0.05, 0) is 44.5 Å². The number of rotatable bonds is 3.